The average molecular weight is 537 g/mol. The Morgan fingerprint density at radius 3 is 0.853 bits per heavy atom. The van der Waals surface area contributed by atoms with Crippen LogP contribution in [0, 0.1) is 0 Å². The lowest BCUT2D eigenvalue weighted by Gasteiger charge is -2.04. The maximum absolute atomic E-state index is 12.2. The van der Waals surface area contributed by atoms with Gasteiger partial charge in [0.2, 0.25) is 19.7 Å². The third kappa shape index (κ3) is 6.09. The minimum absolute atomic E-state index is 0.00894. The van der Waals surface area contributed by atoms with Gasteiger partial charge in [0.15, 0.2) is 0 Å². The molecule has 4 aromatic rings. The molecule has 4 aromatic carbocycles. The monoisotopic (exact) mass is 536 g/mol. The molecule has 0 fully saturated rings. The summed E-state index contributed by atoms with van der Waals surface area (Å²) in [6.45, 7) is 0. The van der Waals surface area contributed by atoms with E-state index in [1.165, 1.54) is 72.8 Å². The minimum atomic E-state index is -3.59. The number of sulfone groups is 2. The largest absolute Gasteiger partial charge is 0.508 e. The molecule has 4 rings (SSSR count). The standard InChI is InChI=1S/C12H8Cl2O2S.C12H10O4S/c2*13-9-1-5-11(6-2-9)17(15,16)12-7-3-10(14)4-8-12/h1-8H;1-8,13-14H. The second-order valence-electron chi connectivity index (χ2n) is 6.90. The summed E-state index contributed by atoms with van der Waals surface area (Å²) in [5.74, 6) is 0.0179. The number of hydrogen-bond donors (Lipinski definition) is 2. The van der Waals surface area contributed by atoms with Crippen LogP contribution in [-0.2, 0) is 19.7 Å². The van der Waals surface area contributed by atoms with Gasteiger partial charge in [-0.2, -0.15) is 0 Å². The van der Waals surface area contributed by atoms with E-state index in [2.05, 4.69) is 0 Å². The Morgan fingerprint density at radius 2 is 0.618 bits per heavy atom. The van der Waals surface area contributed by atoms with Gasteiger partial charge in [-0.15, -0.1) is 0 Å². The Balaban J connectivity index is 0.000000191. The molecule has 0 aliphatic heterocycles. The van der Waals surface area contributed by atoms with Gasteiger partial charge in [0.1, 0.15) is 11.5 Å². The number of phenolic OH excluding ortho intramolecular Hbond substituents is 2. The van der Waals surface area contributed by atoms with Crippen LogP contribution in [0.25, 0.3) is 0 Å². The van der Waals surface area contributed by atoms with E-state index in [1.807, 2.05) is 0 Å². The van der Waals surface area contributed by atoms with Gasteiger partial charge in [0.25, 0.3) is 0 Å². The van der Waals surface area contributed by atoms with Gasteiger partial charge in [-0.3, -0.25) is 0 Å². The first-order valence-electron chi connectivity index (χ1n) is 9.59. The fourth-order valence-corrected chi connectivity index (χ4v) is 5.52. The smallest absolute Gasteiger partial charge is 0.206 e. The molecule has 0 aromatic heterocycles. The molecule has 0 aliphatic rings. The van der Waals surface area contributed by atoms with Crippen LogP contribution in [0.15, 0.2) is 117 Å². The first-order chi connectivity index (χ1) is 16.0. The third-order valence-electron chi connectivity index (χ3n) is 4.54. The van der Waals surface area contributed by atoms with Crippen LogP contribution < -0.4 is 0 Å². The molecular weight excluding hydrogens is 519 g/mol. The molecule has 0 spiro atoms. The van der Waals surface area contributed by atoms with Crippen LogP contribution in [0.1, 0.15) is 0 Å². The van der Waals surface area contributed by atoms with Crippen LogP contribution in [0.3, 0.4) is 0 Å². The fourth-order valence-electron chi connectivity index (χ4n) is 2.75. The Bertz CT molecular complexity index is 1250. The lowest BCUT2D eigenvalue weighted by Crippen LogP contribution is -2.01. The van der Waals surface area contributed by atoms with Gasteiger partial charge in [0, 0.05) is 10.0 Å². The SMILES string of the molecule is O=S(=O)(c1ccc(Cl)cc1)c1ccc(Cl)cc1.O=S(=O)(c1ccc(O)cc1)c1ccc(O)cc1. The van der Waals surface area contributed by atoms with Crippen molar-refractivity contribution in [1.29, 1.82) is 0 Å². The van der Waals surface area contributed by atoms with E-state index < -0.39 is 19.7 Å². The highest BCUT2D eigenvalue weighted by molar-refractivity contribution is 7.91. The zero-order valence-corrected chi connectivity index (χ0v) is 20.5. The molecule has 2 N–H and O–H groups in total. The van der Waals surface area contributed by atoms with Gasteiger partial charge >= 0.3 is 0 Å². The lowest BCUT2D eigenvalue weighted by atomic mass is 10.3. The summed E-state index contributed by atoms with van der Waals surface area (Å²) in [5.41, 5.74) is 0. The molecular formula is C24H18Cl2O6S2. The van der Waals surface area contributed by atoms with Crippen LogP contribution in [0.5, 0.6) is 11.5 Å². The van der Waals surface area contributed by atoms with Crippen molar-refractivity contribution in [3.05, 3.63) is 107 Å². The summed E-state index contributed by atoms with van der Waals surface area (Å²) in [4.78, 5) is 0.621. The van der Waals surface area contributed by atoms with Crippen molar-refractivity contribution in [3.63, 3.8) is 0 Å². The quantitative estimate of drug-likeness (QED) is 0.343. The van der Waals surface area contributed by atoms with E-state index >= 15 is 0 Å². The lowest BCUT2D eigenvalue weighted by molar-refractivity contribution is 0.474. The topological polar surface area (TPSA) is 109 Å². The molecule has 6 nitrogen and oxygen atoms in total. The van der Waals surface area contributed by atoms with Crippen molar-refractivity contribution < 1.29 is 27.0 Å². The van der Waals surface area contributed by atoms with Gasteiger partial charge in [-0.05, 0) is 97.1 Å². The highest BCUT2D eigenvalue weighted by Gasteiger charge is 2.18. The van der Waals surface area contributed by atoms with Crippen LogP contribution >= 0.6 is 23.2 Å². The molecule has 0 bridgehead atoms. The predicted molar refractivity (Wildman–Crippen MR) is 130 cm³/mol. The second-order valence-corrected chi connectivity index (χ2v) is 11.7. The number of halogens is 2. The zero-order valence-electron chi connectivity index (χ0n) is 17.3. The third-order valence-corrected chi connectivity index (χ3v) is 8.62. The van der Waals surface area contributed by atoms with Crippen LogP contribution in [-0.4, -0.2) is 27.0 Å². The van der Waals surface area contributed by atoms with E-state index in [4.69, 9.17) is 33.4 Å². The molecule has 0 atom stereocenters. The van der Waals surface area contributed by atoms with Crippen molar-refractivity contribution in [1.82, 2.24) is 0 Å². The normalized spacial score (nSPS) is 11.4. The number of aromatic hydroxyl groups is 2. The van der Waals surface area contributed by atoms with Crippen LogP contribution in [0.4, 0.5) is 0 Å². The van der Waals surface area contributed by atoms with Crippen molar-refractivity contribution in [2.75, 3.05) is 0 Å². The maximum Gasteiger partial charge on any atom is 0.206 e. The molecule has 0 amide bonds. The molecule has 0 radical (unpaired) electrons. The van der Waals surface area contributed by atoms with Crippen LogP contribution in [0.2, 0.25) is 10.0 Å². The summed E-state index contributed by atoms with van der Waals surface area (Å²) in [6.07, 6.45) is 0. The number of phenols is 2. The molecule has 10 heteroatoms. The number of rotatable bonds is 4. The highest BCUT2D eigenvalue weighted by atomic mass is 35.5. The zero-order chi connectivity index (χ0) is 24.9. The Hall–Kier alpha value is -3.04. The van der Waals surface area contributed by atoms with E-state index in [0.29, 0.717) is 10.0 Å². The first kappa shape index (κ1) is 25.6. The molecule has 0 aliphatic carbocycles. The summed E-state index contributed by atoms with van der Waals surface area (Å²) < 4.78 is 48.5. The molecule has 176 valence electrons. The maximum atomic E-state index is 12.2. The first-order valence-corrected chi connectivity index (χ1v) is 13.3. The molecule has 0 unspecified atom stereocenters. The Kier molecular flexibility index (Phi) is 7.89. The van der Waals surface area contributed by atoms with Crippen molar-refractivity contribution in [3.8, 4) is 11.5 Å². The molecule has 0 heterocycles. The predicted octanol–water partition coefficient (Wildman–Crippen LogP) is 5.76. The highest BCUT2D eigenvalue weighted by Crippen LogP contribution is 2.25. The summed E-state index contributed by atoms with van der Waals surface area (Å²) in [7, 11) is -7.08. The Labute approximate surface area is 207 Å². The van der Waals surface area contributed by atoms with Gasteiger partial charge < -0.3 is 10.2 Å². The summed E-state index contributed by atoms with van der Waals surface area (Å²) in [6, 6.07) is 22.7. The molecule has 34 heavy (non-hydrogen) atoms. The number of hydrogen-bond acceptors (Lipinski definition) is 6. The van der Waals surface area contributed by atoms with E-state index in [0.717, 1.165) is 0 Å². The van der Waals surface area contributed by atoms with E-state index in [-0.39, 0.29) is 31.1 Å². The van der Waals surface area contributed by atoms with Crippen molar-refractivity contribution in [2.45, 2.75) is 19.6 Å². The van der Waals surface area contributed by atoms with Crippen molar-refractivity contribution in [2.24, 2.45) is 0 Å². The molecule has 0 saturated heterocycles. The van der Waals surface area contributed by atoms with Crippen molar-refractivity contribution >= 4 is 42.9 Å². The number of benzene rings is 4. The van der Waals surface area contributed by atoms with Gasteiger partial charge in [-0.1, -0.05) is 23.2 Å². The second kappa shape index (κ2) is 10.5. The van der Waals surface area contributed by atoms with Gasteiger partial charge in [-0.25, -0.2) is 16.8 Å². The summed E-state index contributed by atoms with van der Waals surface area (Å²) in [5, 5.41) is 19.2. The van der Waals surface area contributed by atoms with Gasteiger partial charge in [0.05, 0.1) is 19.6 Å². The minimum Gasteiger partial charge on any atom is -0.508 e. The molecule has 0 saturated carbocycles. The fraction of sp³-hybridized carbons (Fsp3) is 0. The Morgan fingerprint density at radius 1 is 0.412 bits per heavy atom. The average Bonchev–Trinajstić information content (AvgIpc) is 2.81. The summed E-state index contributed by atoms with van der Waals surface area (Å²) >= 11 is 11.4. The van der Waals surface area contributed by atoms with E-state index in [1.54, 1.807) is 24.3 Å². The van der Waals surface area contributed by atoms with E-state index in [9.17, 15) is 16.8 Å².